The maximum Gasteiger partial charge on any atom is 0.349 e. The molecule has 0 aliphatic heterocycles. The summed E-state index contributed by atoms with van der Waals surface area (Å²) in [7, 11) is 0. The monoisotopic (exact) mass is 488 g/mol. The van der Waals surface area contributed by atoms with Crippen LogP contribution in [-0.4, -0.2) is 22.0 Å². The highest BCUT2D eigenvalue weighted by Crippen LogP contribution is 2.30. The molecule has 5 rings (SSSR count). The van der Waals surface area contributed by atoms with Gasteiger partial charge in [0.25, 0.3) is 11.6 Å². The molecule has 1 amide bonds. The fourth-order valence-corrected chi connectivity index (χ4v) is 4.24. The van der Waals surface area contributed by atoms with Crippen LogP contribution >= 0.6 is 11.3 Å². The molecule has 3 aromatic carbocycles. The zero-order valence-corrected chi connectivity index (χ0v) is 18.4. The summed E-state index contributed by atoms with van der Waals surface area (Å²) in [6, 6.07) is 17.7. The summed E-state index contributed by atoms with van der Waals surface area (Å²) in [6.07, 6.45) is 1.30. The van der Waals surface area contributed by atoms with Gasteiger partial charge < -0.3 is 4.42 Å². The zero-order chi connectivity index (χ0) is 24.5. The number of nitrogens with zero attached hydrogens (tertiary/aromatic N) is 4. The van der Waals surface area contributed by atoms with Crippen LogP contribution in [0.1, 0.15) is 15.9 Å². The van der Waals surface area contributed by atoms with Crippen molar-refractivity contribution in [2.75, 3.05) is 5.01 Å². The van der Waals surface area contributed by atoms with Crippen molar-refractivity contribution in [2.45, 2.75) is 0 Å². The van der Waals surface area contributed by atoms with Gasteiger partial charge >= 0.3 is 5.63 Å². The van der Waals surface area contributed by atoms with Gasteiger partial charge in [-0.25, -0.2) is 14.2 Å². The number of hydrogen-bond donors (Lipinski definition) is 0. The Hall–Kier alpha value is -4.77. The summed E-state index contributed by atoms with van der Waals surface area (Å²) < 4.78 is 19.5. The van der Waals surface area contributed by atoms with Crippen LogP contribution in [0.2, 0.25) is 0 Å². The average Bonchev–Trinajstić information content (AvgIpc) is 3.26. The van der Waals surface area contributed by atoms with Crippen molar-refractivity contribution in [3.63, 3.8) is 0 Å². The van der Waals surface area contributed by atoms with Gasteiger partial charge in [-0.2, -0.15) is 10.1 Å². The number of benzene rings is 3. The summed E-state index contributed by atoms with van der Waals surface area (Å²) in [4.78, 5) is 40.8. The van der Waals surface area contributed by atoms with E-state index in [1.54, 1.807) is 24.3 Å². The lowest BCUT2D eigenvalue weighted by Gasteiger charge is -2.13. The molecular weight excluding hydrogens is 475 g/mol. The van der Waals surface area contributed by atoms with Gasteiger partial charge in [0.15, 0.2) is 0 Å². The van der Waals surface area contributed by atoms with Crippen LogP contribution in [-0.2, 0) is 0 Å². The van der Waals surface area contributed by atoms with E-state index in [0.29, 0.717) is 26.7 Å². The molecule has 0 unspecified atom stereocenters. The Bertz CT molecular complexity index is 1690. The van der Waals surface area contributed by atoms with E-state index >= 15 is 0 Å². The van der Waals surface area contributed by atoms with Crippen LogP contribution in [0.15, 0.2) is 87.1 Å². The molecule has 0 saturated carbocycles. The highest BCUT2D eigenvalue weighted by atomic mass is 32.1. The Labute approximate surface area is 199 Å². The number of hydrazone groups is 1. The van der Waals surface area contributed by atoms with Crippen molar-refractivity contribution in [1.29, 1.82) is 0 Å². The fourth-order valence-electron chi connectivity index (χ4n) is 3.30. The molecule has 0 saturated heterocycles. The van der Waals surface area contributed by atoms with E-state index in [4.69, 9.17) is 4.42 Å². The number of anilines is 1. The topological polar surface area (TPSA) is 119 Å². The quantitative estimate of drug-likeness (QED) is 0.146. The molecule has 0 radical (unpaired) electrons. The summed E-state index contributed by atoms with van der Waals surface area (Å²) in [5.41, 5.74) is 0.0141. The lowest BCUT2D eigenvalue weighted by Crippen LogP contribution is -2.30. The molecule has 35 heavy (non-hydrogen) atoms. The Kier molecular flexibility index (Phi) is 5.59. The number of carbonyl (C=O) groups is 1. The van der Waals surface area contributed by atoms with Gasteiger partial charge in [0, 0.05) is 17.5 Å². The zero-order valence-electron chi connectivity index (χ0n) is 17.6. The Morgan fingerprint density at radius 3 is 2.66 bits per heavy atom. The molecule has 0 bridgehead atoms. The molecule has 0 aliphatic rings. The van der Waals surface area contributed by atoms with Gasteiger partial charge in [0.2, 0.25) is 5.13 Å². The SMILES string of the molecule is O=C(c1cc2ccccc2oc1=O)N(/N=C/c1ccc([N+](=O)[O-])cc1)c1nc2ccc(F)cc2s1. The third-order valence-corrected chi connectivity index (χ3v) is 6.00. The van der Waals surface area contributed by atoms with Crippen LogP contribution in [0.3, 0.4) is 0 Å². The summed E-state index contributed by atoms with van der Waals surface area (Å²) >= 11 is 1.01. The fraction of sp³-hybridized carbons (Fsp3) is 0. The number of rotatable bonds is 5. The van der Waals surface area contributed by atoms with E-state index in [2.05, 4.69) is 10.1 Å². The first kappa shape index (κ1) is 22.0. The van der Waals surface area contributed by atoms with Crippen molar-refractivity contribution >= 4 is 55.5 Å². The molecule has 172 valence electrons. The average molecular weight is 488 g/mol. The number of non-ortho nitro benzene ring substituents is 1. The van der Waals surface area contributed by atoms with E-state index in [1.807, 2.05) is 0 Å². The summed E-state index contributed by atoms with van der Waals surface area (Å²) in [5.74, 6) is -1.27. The van der Waals surface area contributed by atoms with Gasteiger partial charge in [-0.3, -0.25) is 14.9 Å². The van der Waals surface area contributed by atoms with E-state index in [9.17, 15) is 24.1 Å². The number of nitro benzene ring substituents is 1. The van der Waals surface area contributed by atoms with Crippen LogP contribution in [0.4, 0.5) is 15.2 Å². The minimum atomic E-state index is -0.851. The molecule has 2 aromatic heterocycles. The van der Waals surface area contributed by atoms with Crippen LogP contribution in [0, 0.1) is 15.9 Å². The molecule has 0 aliphatic carbocycles. The van der Waals surface area contributed by atoms with Crippen molar-refractivity contribution in [3.8, 4) is 0 Å². The van der Waals surface area contributed by atoms with Crippen LogP contribution in [0.5, 0.6) is 0 Å². The van der Waals surface area contributed by atoms with Crippen molar-refractivity contribution < 1.29 is 18.5 Å². The molecule has 11 heteroatoms. The second-order valence-electron chi connectivity index (χ2n) is 7.30. The Morgan fingerprint density at radius 1 is 1.11 bits per heavy atom. The standard InChI is InChI=1S/C24H13FN4O5S/c25-16-7-10-19-21(12-16)35-24(27-19)28(26-13-14-5-8-17(9-6-14)29(32)33)22(30)18-11-15-3-1-2-4-20(15)34-23(18)31/h1-13H/b26-13+. The molecule has 0 spiro atoms. The first-order valence-corrected chi connectivity index (χ1v) is 10.9. The maximum atomic E-state index is 13.7. The van der Waals surface area contributed by atoms with Crippen molar-refractivity contribution in [3.05, 3.63) is 110 Å². The predicted octanol–water partition coefficient (Wildman–Crippen LogP) is 5.13. The lowest BCUT2D eigenvalue weighted by atomic mass is 10.2. The van der Waals surface area contributed by atoms with Gasteiger partial charge in [0.1, 0.15) is 17.0 Å². The molecule has 0 fully saturated rings. The number of fused-ring (bicyclic) bond motifs is 2. The first-order chi connectivity index (χ1) is 16.9. The number of nitro groups is 1. The Morgan fingerprint density at radius 2 is 1.89 bits per heavy atom. The number of aromatic nitrogens is 1. The number of halogens is 1. The van der Waals surface area contributed by atoms with E-state index in [-0.39, 0.29) is 16.4 Å². The second kappa shape index (κ2) is 8.88. The molecule has 0 N–H and O–H groups in total. The van der Waals surface area contributed by atoms with E-state index in [0.717, 1.165) is 16.3 Å². The third kappa shape index (κ3) is 4.39. The van der Waals surface area contributed by atoms with Gasteiger partial charge in [-0.15, -0.1) is 0 Å². The van der Waals surface area contributed by atoms with Crippen LogP contribution in [0.25, 0.3) is 21.2 Å². The molecular formula is C24H13FN4O5S. The second-order valence-corrected chi connectivity index (χ2v) is 8.31. The molecule has 2 heterocycles. The summed E-state index contributed by atoms with van der Waals surface area (Å²) in [5, 5.41) is 16.7. The Balaban J connectivity index is 1.59. The van der Waals surface area contributed by atoms with Gasteiger partial charge in [-0.1, -0.05) is 29.5 Å². The minimum absolute atomic E-state index is 0.0984. The van der Waals surface area contributed by atoms with Crippen molar-refractivity contribution in [1.82, 2.24) is 4.98 Å². The van der Waals surface area contributed by atoms with E-state index < -0.39 is 22.3 Å². The highest BCUT2D eigenvalue weighted by molar-refractivity contribution is 7.22. The number of carbonyl (C=O) groups excluding carboxylic acids is 1. The third-order valence-electron chi connectivity index (χ3n) is 5.01. The first-order valence-electron chi connectivity index (χ1n) is 10.1. The number of amides is 1. The largest absolute Gasteiger partial charge is 0.422 e. The van der Waals surface area contributed by atoms with Gasteiger partial charge in [0.05, 0.1) is 21.4 Å². The molecule has 9 nitrogen and oxygen atoms in total. The van der Waals surface area contributed by atoms with Crippen LogP contribution < -0.4 is 10.6 Å². The maximum absolute atomic E-state index is 13.7. The number of thiazole rings is 1. The molecule has 5 aromatic rings. The minimum Gasteiger partial charge on any atom is -0.422 e. The van der Waals surface area contributed by atoms with Gasteiger partial charge in [-0.05, 0) is 48.0 Å². The highest BCUT2D eigenvalue weighted by Gasteiger charge is 2.25. The normalized spacial score (nSPS) is 11.3. The van der Waals surface area contributed by atoms with Crippen molar-refractivity contribution in [2.24, 2.45) is 5.10 Å². The smallest absolute Gasteiger partial charge is 0.349 e. The lowest BCUT2D eigenvalue weighted by molar-refractivity contribution is -0.384. The number of hydrogen-bond acceptors (Lipinski definition) is 8. The number of para-hydroxylation sites is 1. The van der Waals surface area contributed by atoms with E-state index in [1.165, 1.54) is 54.7 Å². The molecule has 0 atom stereocenters. The predicted molar refractivity (Wildman–Crippen MR) is 130 cm³/mol. The summed E-state index contributed by atoms with van der Waals surface area (Å²) in [6.45, 7) is 0.